The van der Waals surface area contributed by atoms with Gasteiger partial charge in [0.25, 0.3) is 0 Å². The summed E-state index contributed by atoms with van der Waals surface area (Å²) in [6.07, 6.45) is 6.67. The lowest BCUT2D eigenvalue weighted by molar-refractivity contribution is 0.509. The number of nitrogens with one attached hydrogen (secondary N) is 1. The number of fused-ring (bicyclic) bond motifs is 4. The molecule has 2 aliphatic rings. The molecule has 1 aliphatic heterocycles. The Morgan fingerprint density at radius 2 is 2.20 bits per heavy atom. The summed E-state index contributed by atoms with van der Waals surface area (Å²) in [6, 6.07) is 3.38. The van der Waals surface area contributed by atoms with Gasteiger partial charge in [-0.3, -0.25) is 4.99 Å². The van der Waals surface area contributed by atoms with Crippen LogP contribution in [0.4, 0.5) is 15.9 Å². The molecule has 1 N–H and O–H groups in total. The number of hydrogen-bond donors (Lipinski definition) is 1. The minimum atomic E-state index is -0.270. The molecule has 1 aromatic carbocycles. The van der Waals surface area contributed by atoms with E-state index in [0.29, 0.717) is 24.0 Å². The Hall–Kier alpha value is -2.34. The highest BCUT2D eigenvalue weighted by molar-refractivity contribution is 7.19. The molecule has 0 spiro atoms. The molecule has 0 saturated heterocycles. The van der Waals surface area contributed by atoms with Gasteiger partial charge in [0.15, 0.2) is 0 Å². The fourth-order valence-electron chi connectivity index (χ4n) is 3.72. The van der Waals surface area contributed by atoms with Crippen LogP contribution >= 0.6 is 11.3 Å². The maximum absolute atomic E-state index is 14.5. The Morgan fingerprint density at radius 3 is 3.12 bits per heavy atom. The summed E-state index contributed by atoms with van der Waals surface area (Å²) in [7, 11) is 0. The Balaban J connectivity index is 1.61. The molecule has 3 heterocycles. The van der Waals surface area contributed by atoms with Crippen molar-refractivity contribution in [3.05, 3.63) is 45.8 Å². The van der Waals surface area contributed by atoms with E-state index in [9.17, 15) is 4.39 Å². The number of hydrogen-bond acceptors (Lipinski definition) is 5. The number of rotatable bonds is 2. The lowest BCUT2D eigenvalue weighted by Gasteiger charge is -2.18. The van der Waals surface area contributed by atoms with Crippen molar-refractivity contribution >= 4 is 39.3 Å². The standard InChI is InChI=1S/C19H17FN4S/c1-10-2-3-13-16(4-10)25-19-17(13)18(22-9-23-19)24-15-6-12-8-21-7-11(12)5-14(15)20/h5-6,8-10H,2-4,7H2,1H3,(H,22,23,24). The van der Waals surface area contributed by atoms with Crippen LogP contribution in [0.3, 0.4) is 0 Å². The molecule has 25 heavy (non-hydrogen) atoms. The highest BCUT2D eigenvalue weighted by Gasteiger charge is 2.23. The second-order valence-electron chi connectivity index (χ2n) is 6.88. The topological polar surface area (TPSA) is 50.2 Å². The van der Waals surface area contributed by atoms with Gasteiger partial charge in [-0.1, -0.05) is 6.92 Å². The van der Waals surface area contributed by atoms with E-state index in [1.165, 1.54) is 16.9 Å². The molecule has 0 saturated carbocycles. The van der Waals surface area contributed by atoms with Crippen molar-refractivity contribution in [2.45, 2.75) is 32.7 Å². The van der Waals surface area contributed by atoms with Gasteiger partial charge >= 0.3 is 0 Å². The van der Waals surface area contributed by atoms with Crippen LogP contribution in [0.15, 0.2) is 23.5 Å². The van der Waals surface area contributed by atoms with Gasteiger partial charge in [0.2, 0.25) is 0 Å². The minimum Gasteiger partial charge on any atom is -0.337 e. The van der Waals surface area contributed by atoms with Gasteiger partial charge in [0.05, 0.1) is 17.6 Å². The fraction of sp³-hybridized carbons (Fsp3) is 0.316. The molecular formula is C19H17FN4S. The molecule has 1 aliphatic carbocycles. The van der Waals surface area contributed by atoms with E-state index in [2.05, 4.69) is 27.2 Å². The maximum Gasteiger partial charge on any atom is 0.147 e. The van der Waals surface area contributed by atoms with Crippen LogP contribution in [0.25, 0.3) is 10.2 Å². The van der Waals surface area contributed by atoms with Gasteiger partial charge in [-0.05, 0) is 54.0 Å². The van der Waals surface area contributed by atoms with Crippen LogP contribution in [-0.4, -0.2) is 16.2 Å². The Bertz CT molecular complexity index is 1020. The van der Waals surface area contributed by atoms with Crippen molar-refractivity contribution in [1.29, 1.82) is 0 Å². The van der Waals surface area contributed by atoms with Crippen LogP contribution < -0.4 is 5.32 Å². The number of halogens is 1. The van der Waals surface area contributed by atoms with Gasteiger partial charge < -0.3 is 5.32 Å². The zero-order valence-electron chi connectivity index (χ0n) is 13.8. The third-order valence-corrected chi connectivity index (χ3v) is 6.23. The monoisotopic (exact) mass is 352 g/mol. The first-order valence-electron chi connectivity index (χ1n) is 8.53. The third-order valence-electron chi connectivity index (χ3n) is 5.07. The quantitative estimate of drug-likeness (QED) is 0.731. The molecule has 1 atom stereocenters. The average Bonchev–Trinajstić information content (AvgIpc) is 3.18. The summed E-state index contributed by atoms with van der Waals surface area (Å²) in [5.41, 5.74) is 3.67. The van der Waals surface area contributed by atoms with E-state index in [-0.39, 0.29) is 5.82 Å². The summed E-state index contributed by atoms with van der Waals surface area (Å²) in [5, 5.41) is 4.27. The first kappa shape index (κ1) is 15.0. The van der Waals surface area contributed by atoms with E-state index in [4.69, 9.17) is 0 Å². The van der Waals surface area contributed by atoms with Gasteiger partial charge in [-0.2, -0.15) is 0 Å². The number of aliphatic imine (C=N–C) groups is 1. The second kappa shape index (κ2) is 5.59. The predicted molar refractivity (Wildman–Crippen MR) is 99.6 cm³/mol. The van der Waals surface area contributed by atoms with E-state index in [1.54, 1.807) is 29.9 Å². The summed E-state index contributed by atoms with van der Waals surface area (Å²) in [4.78, 5) is 15.5. The lowest BCUT2D eigenvalue weighted by atomic mass is 9.89. The third kappa shape index (κ3) is 2.43. The zero-order valence-corrected chi connectivity index (χ0v) is 14.7. The van der Waals surface area contributed by atoms with Gasteiger partial charge in [0.1, 0.15) is 22.8 Å². The van der Waals surface area contributed by atoms with Crippen molar-refractivity contribution in [1.82, 2.24) is 9.97 Å². The molecule has 4 nitrogen and oxygen atoms in total. The average molecular weight is 352 g/mol. The predicted octanol–water partition coefficient (Wildman–Crippen LogP) is 4.63. The maximum atomic E-state index is 14.5. The van der Waals surface area contributed by atoms with E-state index < -0.39 is 0 Å². The number of anilines is 2. The van der Waals surface area contributed by atoms with Crippen LogP contribution in [-0.2, 0) is 19.4 Å². The van der Waals surface area contributed by atoms with E-state index in [0.717, 1.165) is 34.2 Å². The lowest BCUT2D eigenvalue weighted by Crippen LogP contribution is -2.09. The molecule has 126 valence electrons. The molecule has 1 unspecified atom stereocenters. The minimum absolute atomic E-state index is 0.270. The van der Waals surface area contributed by atoms with Crippen LogP contribution in [0.5, 0.6) is 0 Å². The highest BCUT2D eigenvalue weighted by atomic mass is 32.1. The van der Waals surface area contributed by atoms with Crippen LogP contribution in [0.1, 0.15) is 34.9 Å². The first-order chi connectivity index (χ1) is 12.2. The summed E-state index contributed by atoms with van der Waals surface area (Å²) < 4.78 is 14.5. The molecule has 3 aromatic rings. The van der Waals surface area contributed by atoms with Crippen molar-refractivity contribution in [3.63, 3.8) is 0 Å². The molecule has 5 rings (SSSR count). The largest absolute Gasteiger partial charge is 0.337 e. The van der Waals surface area contributed by atoms with Crippen molar-refractivity contribution in [3.8, 4) is 0 Å². The normalized spacial score (nSPS) is 18.4. The molecule has 0 radical (unpaired) electrons. The second-order valence-corrected chi connectivity index (χ2v) is 7.96. The number of nitrogens with zero attached hydrogens (tertiary/aromatic N) is 3. The zero-order chi connectivity index (χ0) is 17.0. The van der Waals surface area contributed by atoms with Gasteiger partial charge in [-0.15, -0.1) is 11.3 Å². The summed E-state index contributed by atoms with van der Waals surface area (Å²) in [6.45, 7) is 2.85. The van der Waals surface area contributed by atoms with Crippen LogP contribution in [0.2, 0.25) is 0 Å². The molecule has 0 bridgehead atoms. The molecule has 6 heteroatoms. The van der Waals surface area contributed by atoms with Gasteiger partial charge in [-0.25, -0.2) is 14.4 Å². The number of aromatic nitrogens is 2. The van der Waals surface area contributed by atoms with Crippen molar-refractivity contribution < 1.29 is 4.39 Å². The van der Waals surface area contributed by atoms with E-state index in [1.807, 2.05) is 6.07 Å². The summed E-state index contributed by atoms with van der Waals surface area (Å²) >= 11 is 1.75. The number of benzene rings is 1. The Kier molecular flexibility index (Phi) is 3.35. The molecular weight excluding hydrogens is 335 g/mol. The first-order valence-corrected chi connectivity index (χ1v) is 9.35. The summed E-state index contributed by atoms with van der Waals surface area (Å²) in [5.74, 6) is 1.14. The SMILES string of the molecule is CC1CCc2c(sc3ncnc(Nc4cc5c(cc4F)CN=C5)c23)C1. The molecule has 0 amide bonds. The van der Waals surface area contributed by atoms with Crippen LogP contribution in [0, 0.1) is 11.7 Å². The fourth-order valence-corrected chi connectivity index (χ4v) is 5.07. The van der Waals surface area contributed by atoms with Crippen molar-refractivity contribution in [2.75, 3.05) is 5.32 Å². The van der Waals surface area contributed by atoms with Gasteiger partial charge in [0, 0.05) is 11.1 Å². The highest BCUT2D eigenvalue weighted by Crippen LogP contribution is 2.40. The van der Waals surface area contributed by atoms with Crippen molar-refractivity contribution in [2.24, 2.45) is 10.9 Å². The molecule has 0 fully saturated rings. The molecule has 2 aromatic heterocycles. The van der Waals surface area contributed by atoms with E-state index >= 15 is 0 Å². The Morgan fingerprint density at radius 1 is 1.28 bits per heavy atom. The number of thiophene rings is 1. The Labute approximate surface area is 148 Å². The smallest absolute Gasteiger partial charge is 0.147 e. The number of aryl methyl sites for hydroxylation is 1.